The van der Waals surface area contributed by atoms with E-state index in [0.717, 1.165) is 11.8 Å². The Kier molecular flexibility index (Phi) is 28.3. The van der Waals surface area contributed by atoms with Crippen LogP contribution in [0, 0.1) is 0 Å². The number of hydrogen-bond donors (Lipinski definition) is 16. The van der Waals surface area contributed by atoms with Gasteiger partial charge in [0.25, 0.3) is 5.91 Å². The van der Waals surface area contributed by atoms with Crippen LogP contribution in [0.4, 0.5) is 5.69 Å². The summed E-state index contributed by atoms with van der Waals surface area (Å²) in [5.74, 6) is -3.10. The van der Waals surface area contributed by atoms with Gasteiger partial charge in [-0.05, 0) is 80.5 Å². The fourth-order valence-corrected chi connectivity index (χ4v) is 10.9. The molecule has 478 valence electrons. The summed E-state index contributed by atoms with van der Waals surface area (Å²) >= 11 is 7.30. The standard InChI is InChI=1S/C56H75N7O21S3/c57-42(68)13-16-60-53(78)36(5-2-4-15-59-52(77)35-21-29(61-28-85)7-10-32(35)45-33-11-8-30(66)22-38(33)82-39-23-31(67)9-12-34(39)45)63-54(79)37(62-44(70)27-87-20-18-81-56-51(76)49(74)47(72)41(25-65)84-56)6-1-3-14-58-43(69)26-86-19-17-80-55-50(75)48(73)46(71)40(24-64)83-55/h7-12,21-23,28,36-37,40-41,46-51,55-56,64-66,71-76H,1-6,13-20,24-27H2,(H2,57,68)(H,58,69)(H,59,77)(H,60,78)(H,61,85)(H,62,70)(H,63,79)/t36-,37-,40+,41+,46+,47+,48-,49-,50-,51-,55-,56-/m0/s1. The molecule has 87 heavy (non-hydrogen) atoms. The highest BCUT2D eigenvalue weighted by Crippen LogP contribution is 2.42. The lowest BCUT2D eigenvalue weighted by molar-refractivity contribution is -0.299. The topological polar surface area (TPSA) is 450 Å². The molecule has 31 heteroatoms. The molecule has 3 aliphatic heterocycles. The summed E-state index contributed by atoms with van der Waals surface area (Å²) in [4.78, 5) is 92.2. The minimum absolute atomic E-state index is 0.00564. The number of amides is 6. The Morgan fingerprint density at radius 1 is 0.655 bits per heavy atom. The highest BCUT2D eigenvalue weighted by molar-refractivity contribution is 8.00. The van der Waals surface area contributed by atoms with Crippen LogP contribution in [-0.2, 0) is 42.9 Å². The molecule has 6 rings (SSSR count). The lowest BCUT2D eigenvalue weighted by Crippen LogP contribution is -2.59. The molecule has 0 saturated carbocycles. The maximum absolute atomic E-state index is 14.2. The number of thioether (sulfide) groups is 2. The van der Waals surface area contributed by atoms with Gasteiger partial charge in [-0.15, -0.1) is 23.5 Å². The smallest absolute Gasteiger partial charge is 0.251 e. The van der Waals surface area contributed by atoms with Crippen molar-refractivity contribution in [1.29, 1.82) is 0 Å². The normalized spacial score (nSPS) is 22.6. The molecule has 2 aromatic rings. The quantitative estimate of drug-likeness (QED) is 0.0133. The van der Waals surface area contributed by atoms with E-state index >= 15 is 0 Å². The molecule has 12 atom stereocenters. The molecule has 1 aliphatic carbocycles. The van der Waals surface area contributed by atoms with Crippen molar-refractivity contribution in [1.82, 2.24) is 26.6 Å². The molecule has 2 aromatic carbocycles. The zero-order valence-corrected chi connectivity index (χ0v) is 49.6. The van der Waals surface area contributed by atoms with Gasteiger partial charge in [-0.1, -0.05) is 18.3 Å². The average molecular weight is 1280 g/mol. The van der Waals surface area contributed by atoms with Gasteiger partial charge in [-0.3, -0.25) is 33.6 Å². The van der Waals surface area contributed by atoms with Crippen LogP contribution in [0.15, 0.2) is 63.8 Å². The first-order valence-corrected chi connectivity index (χ1v) is 30.8. The van der Waals surface area contributed by atoms with Gasteiger partial charge in [-0.2, -0.15) is 0 Å². The molecule has 0 unspecified atom stereocenters. The number of aromatic hydroxyl groups is 1. The van der Waals surface area contributed by atoms with Crippen LogP contribution >= 0.6 is 35.7 Å². The molecule has 0 radical (unpaired) electrons. The number of aliphatic hydroxyl groups excluding tert-OH is 8. The number of carbonyl (C=O) groups is 6. The van der Waals surface area contributed by atoms with Gasteiger partial charge in [0.1, 0.15) is 78.0 Å². The van der Waals surface area contributed by atoms with E-state index in [-0.39, 0.29) is 122 Å². The number of hydrogen-bond acceptors (Lipinski definition) is 24. The van der Waals surface area contributed by atoms with Crippen LogP contribution < -0.4 is 43.1 Å². The Morgan fingerprint density at radius 2 is 1.24 bits per heavy atom. The third-order valence-electron chi connectivity index (χ3n) is 14.0. The molecular weight excluding hydrogens is 1200 g/mol. The molecular formula is C56H75N7O21S3. The molecule has 17 N–H and O–H groups in total. The highest BCUT2D eigenvalue weighted by Gasteiger charge is 2.45. The SMILES string of the molecule is NC(=O)CCNC(=O)[C@H](CCCCNC(=O)c1cc(NC=S)ccc1-c1c2ccc(=O)cc-2oc2cc(O)ccc12)NC(=O)[C@H](CCCCNC(=O)CSCCO[C@H]1O[C@H](CO)[C@@H](O)[C@H](O)[C@@H]1O)NC(=O)CSCCO[C@H]1O[C@H](CO)[C@@H](O)[C@H](O)[C@@H]1O. The van der Waals surface area contributed by atoms with Crippen molar-refractivity contribution in [2.45, 2.75) is 118 Å². The van der Waals surface area contributed by atoms with E-state index in [1.165, 1.54) is 41.5 Å². The molecule has 6 amide bonds. The van der Waals surface area contributed by atoms with Gasteiger partial charge >= 0.3 is 0 Å². The van der Waals surface area contributed by atoms with E-state index in [0.29, 0.717) is 40.6 Å². The Hall–Kier alpha value is -6.14. The van der Waals surface area contributed by atoms with Gasteiger partial charge in [-0.25, -0.2) is 0 Å². The van der Waals surface area contributed by atoms with Crippen LogP contribution in [0.1, 0.15) is 55.3 Å². The van der Waals surface area contributed by atoms with E-state index in [1.807, 2.05) is 0 Å². The Bertz CT molecular complexity index is 2980. The van der Waals surface area contributed by atoms with Gasteiger partial charge in [0.05, 0.1) is 43.4 Å². The van der Waals surface area contributed by atoms with Crippen LogP contribution in [-0.4, -0.2) is 229 Å². The van der Waals surface area contributed by atoms with Gasteiger partial charge in [0, 0.05) is 77.5 Å². The van der Waals surface area contributed by atoms with E-state index in [1.54, 1.807) is 30.3 Å². The number of benzene rings is 3. The average Bonchev–Trinajstić information content (AvgIpc) is 1.07. The summed E-state index contributed by atoms with van der Waals surface area (Å²) in [6.07, 6.45) is -13.5. The minimum Gasteiger partial charge on any atom is -0.508 e. The van der Waals surface area contributed by atoms with Crippen molar-refractivity contribution in [3.63, 3.8) is 0 Å². The maximum atomic E-state index is 14.2. The third kappa shape index (κ3) is 20.5. The Labute approximate surface area is 512 Å². The monoisotopic (exact) mass is 1280 g/mol. The number of aliphatic hydroxyl groups is 8. The van der Waals surface area contributed by atoms with Crippen LogP contribution in [0.25, 0.3) is 33.4 Å². The Morgan fingerprint density at radius 3 is 1.84 bits per heavy atom. The van der Waals surface area contributed by atoms with Gasteiger partial charge < -0.3 is 107 Å². The zero-order chi connectivity index (χ0) is 63.2. The number of phenols is 1. The fourth-order valence-electron chi connectivity index (χ4n) is 9.44. The van der Waals surface area contributed by atoms with Crippen molar-refractivity contribution in [2.24, 2.45) is 5.73 Å². The predicted octanol–water partition coefficient (Wildman–Crippen LogP) is -2.11. The number of anilines is 1. The van der Waals surface area contributed by atoms with Crippen molar-refractivity contribution in [3.8, 4) is 28.2 Å². The van der Waals surface area contributed by atoms with Crippen molar-refractivity contribution in [2.75, 3.05) is 74.4 Å². The first-order valence-electron chi connectivity index (χ1n) is 28.0. The molecule has 0 aromatic heterocycles. The number of nitrogens with two attached hydrogens (primary N) is 1. The highest BCUT2D eigenvalue weighted by atomic mass is 32.2. The first kappa shape index (κ1) is 70.0. The van der Waals surface area contributed by atoms with Crippen molar-refractivity contribution < 1.29 is 98.1 Å². The lowest BCUT2D eigenvalue weighted by atomic mass is 9.90. The summed E-state index contributed by atoms with van der Waals surface area (Å²) < 4.78 is 27.7. The molecule has 0 bridgehead atoms. The second-order valence-corrected chi connectivity index (χ2v) is 22.8. The summed E-state index contributed by atoms with van der Waals surface area (Å²) in [6, 6.07) is 11.4. The second-order valence-electron chi connectivity index (χ2n) is 20.4. The number of primary amides is 1. The predicted molar refractivity (Wildman–Crippen MR) is 321 cm³/mol. The minimum atomic E-state index is -1.65. The van der Waals surface area contributed by atoms with Crippen LogP contribution in [0.2, 0.25) is 0 Å². The number of carbonyl (C=O) groups excluding carboxylic acids is 6. The molecule has 3 heterocycles. The molecule has 0 spiro atoms. The zero-order valence-electron chi connectivity index (χ0n) is 47.2. The number of thiocarbonyl (C=S) groups is 1. The van der Waals surface area contributed by atoms with Gasteiger partial charge in [0.2, 0.25) is 29.5 Å². The Balaban J connectivity index is 1.07. The number of fused-ring (bicyclic) bond motifs is 2. The van der Waals surface area contributed by atoms with E-state index < -0.39 is 116 Å². The van der Waals surface area contributed by atoms with Crippen molar-refractivity contribution in [3.05, 3.63) is 70.4 Å². The van der Waals surface area contributed by atoms with Crippen LogP contribution in [0.5, 0.6) is 5.75 Å². The number of rotatable bonds is 35. The maximum Gasteiger partial charge on any atom is 0.251 e. The summed E-state index contributed by atoms with van der Waals surface area (Å²) in [5, 5.41) is 107. The van der Waals surface area contributed by atoms with Gasteiger partial charge in [0.15, 0.2) is 18.0 Å². The number of unbranched alkanes of at least 4 members (excludes halogenated alkanes) is 2. The van der Waals surface area contributed by atoms with E-state index in [9.17, 15) is 79.5 Å². The molecule has 4 aliphatic rings. The van der Waals surface area contributed by atoms with E-state index in [2.05, 4.69) is 31.9 Å². The summed E-state index contributed by atoms with van der Waals surface area (Å²) in [7, 11) is 0. The largest absolute Gasteiger partial charge is 0.508 e. The molecule has 2 fully saturated rings. The first-order chi connectivity index (χ1) is 41.7. The summed E-state index contributed by atoms with van der Waals surface area (Å²) in [5.41, 5.74) is 8.80. The third-order valence-corrected chi connectivity index (χ3v) is 16.0. The molecule has 28 nitrogen and oxygen atoms in total. The second kappa shape index (κ2) is 35.2. The number of ether oxygens (including phenoxy) is 4. The molecule has 2 saturated heterocycles. The lowest BCUT2D eigenvalue weighted by Gasteiger charge is -2.39. The number of phenolic OH excluding ortho intramolecular Hbond substituents is 1. The fraction of sp³-hybridized carbons (Fsp3) is 0.536. The van der Waals surface area contributed by atoms with Crippen LogP contribution in [0.3, 0.4) is 0 Å². The van der Waals surface area contributed by atoms with E-state index in [4.69, 9.17) is 41.3 Å². The number of nitrogens with one attached hydrogen (secondary N) is 6. The summed E-state index contributed by atoms with van der Waals surface area (Å²) in [6.45, 7) is -1.26. The van der Waals surface area contributed by atoms with Crippen molar-refractivity contribution >= 4 is 93.3 Å².